The first-order chi connectivity index (χ1) is 19.1. The first-order valence-corrected chi connectivity index (χ1v) is 14.0. The number of hydrogen-bond donors (Lipinski definition) is 1. The van der Waals surface area contributed by atoms with Gasteiger partial charge in [0.2, 0.25) is 10.0 Å². The minimum absolute atomic E-state index is 0.0941. The number of aliphatic carboxylic acids is 1. The van der Waals surface area contributed by atoms with E-state index in [0.29, 0.717) is 22.6 Å². The van der Waals surface area contributed by atoms with Crippen molar-refractivity contribution in [3.8, 4) is 17.6 Å². The van der Waals surface area contributed by atoms with Crippen molar-refractivity contribution in [2.75, 3.05) is 31.8 Å². The van der Waals surface area contributed by atoms with Crippen LogP contribution in [0.2, 0.25) is 0 Å². The molecule has 3 aromatic carbocycles. The van der Waals surface area contributed by atoms with Crippen molar-refractivity contribution >= 4 is 27.6 Å². The van der Waals surface area contributed by atoms with E-state index in [4.69, 9.17) is 9.47 Å². The number of nitrogens with zero attached hydrogens (tertiary/aromatic N) is 2. The number of aryl methyl sites for hydroxylation is 2. The molecule has 10 heteroatoms. The second kappa shape index (κ2) is 12.3. The summed E-state index contributed by atoms with van der Waals surface area (Å²) in [6.07, 6.45) is 0. The van der Waals surface area contributed by atoms with Crippen molar-refractivity contribution in [1.82, 2.24) is 4.31 Å². The maximum absolute atomic E-state index is 13.8. The number of carbonyl (C=O) groups is 2. The molecule has 0 aliphatic carbocycles. The Hall–Kier alpha value is -4.17. The Morgan fingerprint density at radius 1 is 1.00 bits per heavy atom. The minimum Gasteiger partial charge on any atom is -0.481 e. The molecular formula is C30H30N2O7S. The van der Waals surface area contributed by atoms with Crippen LogP contribution in [0.5, 0.6) is 5.75 Å². The van der Waals surface area contributed by atoms with Crippen LogP contribution in [-0.2, 0) is 26.1 Å². The number of carboxylic acid groups (broad SMARTS) is 1. The lowest BCUT2D eigenvalue weighted by molar-refractivity contribution is -0.141. The van der Waals surface area contributed by atoms with E-state index in [9.17, 15) is 23.1 Å². The van der Waals surface area contributed by atoms with Gasteiger partial charge in [-0.25, -0.2) is 8.42 Å². The summed E-state index contributed by atoms with van der Waals surface area (Å²) in [7, 11) is -2.75. The fourth-order valence-corrected chi connectivity index (χ4v) is 5.99. The summed E-state index contributed by atoms with van der Waals surface area (Å²) in [6.45, 7) is 3.47. The molecule has 1 aliphatic rings. The Balaban J connectivity index is 1.69. The second-order valence-electron chi connectivity index (χ2n) is 9.31. The van der Waals surface area contributed by atoms with Crippen molar-refractivity contribution in [1.29, 1.82) is 0 Å². The van der Waals surface area contributed by atoms with Crippen LogP contribution in [0.3, 0.4) is 0 Å². The van der Waals surface area contributed by atoms with E-state index >= 15 is 0 Å². The van der Waals surface area contributed by atoms with Gasteiger partial charge in [0.05, 0.1) is 11.4 Å². The number of para-hydroxylation sites is 1. The average molecular weight is 563 g/mol. The Kier molecular flexibility index (Phi) is 8.90. The van der Waals surface area contributed by atoms with Gasteiger partial charge in [0.1, 0.15) is 25.0 Å². The van der Waals surface area contributed by atoms with E-state index in [0.717, 1.165) is 15.4 Å². The first-order valence-electron chi connectivity index (χ1n) is 12.5. The van der Waals surface area contributed by atoms with Crippen molar-refractivity contribution in [2.45, 2.75) is 31.3 Å². The quantitative estimate of drug-likeness (QED) is 0.438. The molecule has 9 nitrogen and oxygen atoms in total. The molecule has 1 heterocycles. The van der Waals surface area contributed by atoms with Crippen LogP contribution >= 0.6 is 0 Å². The number of rotatable bonds is 7. The number of hydrogen-bond acceptors (Lipinski definition) is 6. The van der Waals surface area contributed by atoms with Gasteiger partial charge in [0.15, 0.2) is 0 Å². The van der Waals surface area contributed by atoms with Gasteiger partial charge in [0.25, 0.3) is 5.91 Å². The molecule has 1 unspecified atom stereocenters. The van der Waals surface area contributed by atoms with E-state index in [1.165, 1.54) is 36.3 Å². The summed E-state index contributed by atoms with van der Waals surface area (Å²) < 4.78 is 39.0. The van der Waals surface area contributed by atoms with Gasteiger partial charge in [-0.1, -0.05) is 47.7 Å². The number of carboxylic acids is 1. The Bertz CT molecular complexity index is 1570. The fourth-order valence-electron chi connectivity index (χ4n) is 4.44. The van der Waals surface area contributed by atoms with Crippen LogP contribution in [-0.4, -0.2) is 62.6 Å². The highest BCUT2D eigenvalue weighted by molar-refractivity contribution is 7.89. The van der Waals surface area contributed by atoms with E-state index in [1.54, 1.807) is 37.3 Å². The first kappa shape index (κ1) is 28.8. The van der Waals surface area contributed by atoms with E-state index in [-0.39, 0.29) is 31.2 Å². The predicted molar refractivity (Wildman–Crippen MR) is 150 cm³/mol. The predicted octanol–water partition coefficient (Wildman–Crippen LogP) is 3.64. The SMILES string of the molecule is COCC#CCOc1ccc(S(=O)(=O)N2Cc3ccccc3N(C(=O)c3cc(C)ccc3C)CC2C(=O)O)cc1. The smallest absolute Gasteiger partial charge is 0.323 e. The van der Waals surface area contributed by atoms with E-state index in [2.05, 4.69) is 11.8 Å². The lowest BCUT2D eigenvalue weighted by Gasteiger charge is -2.28. The van der Waals surface area contributed by atoms with Crippen LogP contribution < -0.4 is 9.64 Å². The molecule has 3 aromatic rings. The maximum Gasteiger partial charge on any atom is 0.323 e. The number of methoxy groups -OCH3 is 1. The molecule has 1 amide bonds. The molecular weight excluding hydrogens is 532 g/mol. The number of carbonyl (C=O) groups excluding carboxylic acids is 1. The van der Waals surface area contributed by atoms with Crippen LogP contribution in [0, 0.1) is 25.7 Å². The highest BCUT2D eigenvalue weighted by Crippen LogP contribution is 2.33. The molecule has 4 rings (SSSR count). The van der Waals surface area contributed by atoms with Gasteiger partial charge in [-0.05, 0) is 61.4 Å². The molecule has 0 bridgehead atoms. The summed E-state index contributed by atoms with van der Waals surface area (Å²) >= 11 is 0. The lowest BCUT2D eigenvalue weighted by Crippen LogP contribution is -2.50. The average Bonchev–Trinajstić information content (AvgIpc) is 3.12. The molecule has 0 radical (unpaired) electrons. The molecule has 0 saturated heterocycles. The van der Waals surface area contributed by atoms with Gasteiger partial charge in [-0.2, -0.15) is 4.31 Å². The normalized spacial score (nSPS) is 15.4. The molecule has 40 heavy (non-hydrogen) atoms. The highest BCUT2D eigenvalue weighted by Gasteiger charge is 2.41. The summed E-state index contributed by atoms with van der Waals surface area (Å²) in [4.78, 5) is 27.6. The van der Waals surface area contributed by atoms with Gasteiger partial charge in [-0.15, -0.1) is 0 Å². The number of benzene rings is 3. The van der Waals surface area contributed by atoms with E-state index < -0.39 is 27.9 Å². The molecule has 0 spiro atoms. The molecule has 1 aliphatic heterocycles. The van der Waals surface area contributed by atoms with Gasteiger partial charge >= 0.3 is 5.97 Å². The van der Waals surface area contributed by atoms with Crippen LogP contribution in [0.1, 0.15) is 27.0 Å². The lowest BCUT2D eigenvalue weighted by atomic mass is 10.0. The topological polar surface area (TPSA) is 113 Å². The van der Waals surface area contributed by atoms with Crippen LogP contribution in [0.4, 0.5) is 5.69 Å². The summed E-state index contributed by atoms with van der Waals surface area (Å²) in [6, 6.07) is 16.5. The fraction of sp³-hybridized carbons (Fsp3) is 0.267. The summed E-state index contributed by atoms with van der Waals surface area (Å²) in [5.74, 6) is 4.19. The Labute approximate surface area is 234 Å². The molecule has 0 saturated carbocycles. The maximum atomic E-state index is 13.8. The molecule has 1 N–H and O–H groups in total. The van der Waals surface area contributed by atoms with Gasteiger partial charge in [0, 0.05) is 24.9 Å². The van der Waals surface area contributed by atoms with Crippen molar-refractivity contribution in [2.24, 2.45) is 0 Å². The van der Waals surface area contributed by atoms with Crippen molar-refractivity contribution in [3.63, 3.8) is 0 Å². The highest BCUT2D eigenvalue weighted by atomic mass is 32.2. The summed E-state index contributed by atoms with van der Waals surface area (Å²) in [5.41, 5.74) is 3.03. The minimum atomic E-state index is -4.29. The number of fused-ring (bicyclic) bond motifs is 1. The van der Waals surface area contributed by atoms with Crippen molar-refractivity contribution in [3.05, 3.63) is 89.0 Å². The standard InChI is InChI=1S/C30H30N2O7S/c1-21-10-11-22(2)26(18-21)29(33)31-20-28(30(34)35)32(19-23-8-4-5-9-27(23)31)40(36,37)25-14-12-24(13-15-25)39-17-7-6-16-38-3/h4-5,8-15,18,28H,16-17,19-20H2,1-3H3,(H,34,35). The third kappa shape index (κ3) is 6.18. The third-order valence-corrected chi connectivity index (χ3v) is 8.42. The number of anilines is 1. The van der Waals surface area contributed by atoms with Crippen LogP contribution in [0.25, 0.3) is 0 Å². The zero-order valence-electron chi connectivity index (χ0n) is 22.5. The second-order valence-corrected chi connectivity index (χ2v) is 11.2. The van der Waals surface area contributed by atoms with Gasteiger partial charge < -0.3 is 19.5 Å². The summed E-state index contributed by atoms with van der Waals surface area (Å²) in [5, 5.41) is 10.2. The number of ether oxygens (including phenoxy) is 2. The third-order valence-electron chi connectivity index (χ3n) is 6.55. The molecule has 0 fully saturated rings. The largest absolute Gasteiger partial charge is 0.481 e. The monoisotopic (exact) mass is 562 g/mol. The van der Waals surface area contributed by atoms with Crippen LogP contribution in [0.15, 0.2) is 71.6 Å². The Morgan fingerprint density at radius 3 is 2.40 bits per heavy atom. The number of amides is 1. The molecule has 0 aromatic heterocycles. The zero-order valence-corrected chi connectivity index (χ0v) is 23.3. The Morgan fingerprint density at radius 2 is 1.70 bits per heavy atom. The van der Waals surface area contributed by atoms with Crippen molar-refractivity contribution < 1.29 is 32.6 Å². The van der Waals surface area contributed by atoms with Gasteiger partial charge in [-0.3, -0.25) is 9.59 Å². The molecule has 208 valence electrons. The zero-order chi connectivity index (χ0) is 28.9. The molecule has 1 atom stereocenters. The van der Waals surface area contributed by atoms with E-state index in [1.807, 2.05) is 19.1 Å². The number of sulfonamides is 1.